The van der Waals surface area contributed by atoms with Crippen molar-refractivity contribution in [1.82, 2.24) is 10.3 Å². The van der Waals surface area contributed by atoms with Crippen molar-refractivity contribution in [3.8, 4) is 5.88 Å². The van der Waals surface area contributed by atoms with E-state index in [4.69, 9.17) is 0 Å². The highest BCUT2D eigenvalue weighted by Crippen LogP contribution is 2.19. The molecule has 1 aromatic carbocycles. The maximum atomic E-state index is 12.3. The van der Waals surface area contributed by atoms with Gasteiger partial charge in [0.2, 0.25) is 11.8 Å². The lowest BCUT2D eigenvalue weighted by molar-refractivity contribution is -0.154. The molecule has 138 valence electrons. The molecule has 2 aromatic rings. The van der Waals surface area contributed by atoms with Gasteiger partial charge in [-0.1, -0.05) is 18.2 Å². The first-order valence-electron chi connectivity index (χ1n) is 7.54. The van der Waals surface area contributed by atoms with Gasteiger partial charge in [-0.05, 0) is 17.7 Å². The van der Waals surface area contributed by atoms with Crippen molar-refractivity contribution < 1.29 is 27.5 Å². The molecule has 0 saturated heterocycles. The van der Waals surface area contributed by atoms with Crippen LogP contribution in [0.2, 0.25) is 0 Å². The van der Waals surface area contributed by atoms with E-state index in [1.807, 2.05) is 0 Å². The zero-order valence-electron chi connectivity index (χ0n) is 13.8. The van der Waals surface area contributed by atoms with Crippen LogP contribution in [-0.2, 0) is 11.2 Å². The number of ether oxygens (including phenoxy) is 1. The van der Waals surface area contributed by atoms with E-state index in [9.17, 15) is 22.8 Å². The summed E-state index contributed by atoms with van der Waals surface area (Å²) < 4.78 is 40.8. The Balaban J connectivity index is 2.05. The fraction of sp³-hybridized carbons (Fsp3) is 0.235. The molecule has 1 aromatic heterocycles. The van der Waals surface area contributed by atoms with Crippen LogP contribution in [0.1, 0.15) is 15.9 Å². The molecule has 0 aliphatic heterocycles. The minimum absolute atomic E-state index is 0.0927. The number of carbonyl (C=O) groups is 2. The second kappa shape index (κ2) is 8.32. The number of halogens is 3. The number of rotatable bonds is 6. The highest BCUT2D eigenvalue weighted by molar-refractivity contribution is 6.04. The van der Waals surface area contributed by atoms with Gasteiger partial charge in [-0.3, -0.25) is 9.59 Å². The van der Waals surface area contributed by atoms with Gasteiger partial charge in [0.25, 0.3) is 5.91 Å². The molecule has 0 atom stereocenters. The maximum absolute atomic E-state index is 12.3. The molecule has 26 heavy (non-hydrogen) atoms. The predicted molar refractivity (Wildman–Crippen MR) is 88.0 cm³/mol. The zero-order chi connectivity index (χ0) is 19.2. The van der Waals surface area contributed by atoms with Crippen LogP contribution in [0, 0.1) is 0 Å². The van der Waals surface area contributed by atoms with Crippen molar-refractivity contribution in [2.75, 3.05) is 19.0 Å². The van der Waals surface area contributed by atoms with E-state index in [-0.39, 0.29) is 23.8 Å². The number of amides is 2. The lowest BCUT2D eigenvalue weighted by Crippen LogP contribution is -2.21. The second-order valence-electron chi connectivity index (χ2n) is 5.25. The Kier molecular flexibility index (Phi) is 6.16. The minimum atomic E-state index is -4.47. The van der Waals surface area contributed by atoms with Crippen LogP contribution in [0.4, 0.5) is 18.9 Å². The molecule has 2 amide bonds. The van der Waals surface area contributed by atoms with Crippen molar-refractivity contribution in [1.29, 1.82) is 0 Å². The fourth-order valence-electron chi connectivity index (χ4n) is 2.01. The number of alkyl halides is 3. The number of nitrogens with one attached hydrogen (secondary N) is 2. The van der Waals surface area contributed by atoms with E-state index < -0.39 is 18.7 Å². The van der Waals surface area contributed by atoms with Gasteiger partial charge < -0.3 is 15.4 Å². The summed E-state index contributed by atoms with van der Waals surface area (Å²) in [5.41, 5.74) is 1.22. The van der Waals surface area contributed by atoms with Crippen molar-refractivity contribution in [2.45, 2.75) is 12.6 Å². The molecule has 6 nitrogen and oxygen atoms in total. The topological polar surface area (TPSA) is 80.3 Å². The summed E-state index contributed by atoms with van der Waals surface area (Å²) in [7, 11) is 1.51. The summed E-state index contributed by atoms with van der Waals surface area (Å²) in [5, 5.41) is 5.15. The van der Waals surface area contributed by atoms with Gasteiger partial charge in [-0.15, -0.1) is 0 Å². The van der Waals surface area contributed by atoms with Gasteiger partial charge in [-0.2, -0.15) is 13.2 Å². The Bertz CT molecular complexity index is 777. The zero-order valence-corrected chi connectivity index (χ0v) is 13.8. The molecule has 0 aliphatic rings. The predicted octanol–water partition coefficient (Wildman–Crippen LogP) is 2.56. The number of hydrogen-bond donors (Lipinski definition) is 2. The highest BCUT2D eigenvalue weighted by atomic mass is 19.4. The molecule has 1 heterocycles. The first kappa shape index (κ1) is 19.2. The van der Waals surface area contributed by atoms with Crippen LogP contribution < -0.4 is 15.4 Å². The summed E-state index contributed by atoms with van der Waals surface area (Å²) in [6.07, 6.45) is -3.26. The van der Waals surface area contributed by atoms with Gasteiger partial charge in [0.1, 0.15) is 0 Å². The average Bonchev–Trinajstić information content (AvgIpc) is 2.61. The Morgan fingerprint density at radius 1 is 1.15 bits per heavy atom. The lowest BCUT2D eigenvalue weighted by Gasteiger charge is -2.11. The third-order valence-corrected chi connectivity index (χ3v) is 3.28. The van der Waals surface area contributed by atoms with Crippen LogP contribution in [-0.4, -0.2) is 36.6 Å². The summed E-state index contributed by atoms with van der Waals surface area (Å²) in [6, 6.07) is 9.27. The van der Waals surface area contributed by atoms with Crippen molar-refractivity contribution in [2.24, 2.45) is 0 Å². The molecule has 0 spiro atoms. The number of aromatic nitrogens is 1. The van der Waals surface area contributed by atoms with Crippen LogP contribution in [0.5, 0.6) is 5.88 Å². The molecule has 0 saturated carbocycles. The van der Waals surface area contributed by atoms with Crippen molar-refractivity contribution in [3.05, 3.63) is 53.7 Å². The average molecular weight is 367 g/mol. The number of nitrogens with zero attached hydrogens (tertiary/aromatic N) is 1. The maximum Gasteiger partial charge on any atom is 0.422 e. The van der Waals surface area contributed by atoms with Gasteiger partial charge in [0, 0.05) is 25.0 Å². The van der Waals surface area contributed by atoms with E-state index in [0.29, 0.717) is 11.3 Å². The molecular weight excluding hydrogens is 351 g/mol. The number of anilines is 1. The van der Waals surface area contributed by atoms with Crippen LogP contribution in [0.15, 0.2) is 42.6 Å². The lowest BCUT2D eigenvalue weighted by atomic mass is 10.1. The first-order chi connectivity index (χ1) is 12.3. The van der Waals surface area contributed by atoms with Crippen LogP contribution >= 0.6 is 0 Å². The van der Waals surface area contributed by atoms with Gasteiger partial charge in [0.15, 0.2) is 6.61 Å². The molecule has 0 aliphatic carbocycles. The summed E-state index contributed by atoms with van der Waals surface area (Å²) in [6.45, 7) is -1.46. The van der Waals surface area contributed by atoms with Gasteiger partial charge in [0.05, 0.1) is 12.0 Å². The van der Waals surface area contributed by atoms with Crippen LogP contribution in [0.25, 0.3) is 0 Å². The normalized spacial score (nSPS) is 10.9. The summed E-state index contributed by atoms with van der Waals surface area (Å²) in [5.74, 6) is -0.956. The van der Waals surface area contributed by atoms with Crippen molar-refractivity contribution >= 4 is 17.5 Å². The summed E-state index contributed by atoms with van der Waals surface area (Å²) in [4.78, 5) is 27.5. The molecule has 0 unspecified atom stereocenters. The standard InChI is InChI=1S/C17H16F3N3O3/c1-21-14(24)8-11-4-2-3-5-13(11)23-16(25)12-6-7-15(22-9-12)26-10-17(18,19)20/h2-7,9H,8,10H2,1H3,(H,21,24)(H,23,25). The summed E-state index contributed by atoms with van der Waals surface area (Å²) >= 11 is 0. The van der Waals surface area contributed by atoms with Gasteiger partial charge >= 0.3 is 6.18 Å². The Morgan fingerprint density at radius 2 is 1.88 bits per heavy atom. The van der Waals surface area contributed by atoms with E-state index >= 15 is 0 Å². The van der Waals surface area contributed by atoms with E-state index in [0.717, 1.165) is 6.20 Å². The van der Waals surface area contributed by atoms with Gasteiger partial charge in [-0.25, -0.2) is 4.98 Å². The molecular formula is C17H16F3N3O3. The minimum Gasteiger partial charge on any atom is -0.468 e. The SMILES string of the molecule is CNC(=O)Cc1ccccc1NC(=O)c1ccc(OCC(F)(F)F)nc1. The fourth-order valence-corrected chi connectivity index (χ4v) is 2.01. The number of hydrogen-bond acceptors (Lipinski definition) is 4. The largest absolute Gasteiger partial charge is 0.468 e. The first-order valence-corrected chi connectivity index (χ1v) is 7.54. The second-order valence-corrected chi connectivity index (χ2v) is 5.25. The Morgan fingerprint density at radius 3 is 2.50 bits per heavy atom. The number of likely N-dealkylation sites (N-methyl/N-ethyl adjacent to an activating group) is 1. The number of para-hydroxylation sites is 1. The third-order valence-electron chi connectivity index (χ3n) is 3.28. The quantitative estimate of drug-likeness (QED) is 0.822. The molecule has 2 rings (SSSR count). The Labute approximate surface area is 147 Å². The molecule has 0 bridgehead atoms. The van der Waals surface area contributed by atoms with E-state index in [1.165, 1.54) is 19.2 Å². The monoisotopic (exact) mass is 367 g/mol. The van der Waals surface area contributed by atoms with E-state index in [1.54, 1.807) is 24.3 Å². The Hall–Kier alpha value is -3.10. The number of benzene rings is 1. The van der Waals surface area contributed by atoms with Crippen molar-refractivity contribution in [3.63, 3.8) is 0 Å². The van der Waals surface area contributed by atoms with E-state index in [2.05, 4.69) is 20.4 Å². The molecule has 0 fully saturated rings. The highest BCUT2D eigenvalue weighted by Gasteiger charge is 2.28. The molecule has 9 heteroatoms. The smallest absolute Gasteiger partial charge is 0.422 e. The number of carbonyl (C=O) groups excluding carboxylic acids is 2. The molecule has 0 radical (unpaired) electrons. The third kappa shape index (κ3) is 5.76. The molecule has 2 N–H and O–H groups in total. The number of pyridine rings is 1. The van der Waals surface area contributed by atoms with Crippen LogP contribution in [0.3, 0.4) is 0 Å².